The highest BCUT2D eigenvalue weighted by Gasteiger charge is 2.15. The molecule has 4 heteroatoms. The van der Waals surface area contributed by atoms with Crippen molar-refractivity contribution in [3.05, 3.63) is 35.2 Å². The molecule has 0 radical (unpaired) electrons. The van der Waals surface area contributed by atoms with Gasteiger partial charge in [-0.3, -0.25) is 0 Å². The maximum absolute atomic E-state index is 6.13. The van der Waals surface area contributed by atoms with Gasteiger partial charge in [0.15, 0.2) is 0 Å². The molecule has 0 aliphatic rings. The minimum atomic E-state index is 0.852. The molecule has 0 unspecified atom stereocenters. The number of hydrogen-bond donors (Lipinski definition) is 1. The topological polar surface area (TPSA) is 43.8 Å². The molecule has 2 heterocycles. The van der Waals surface area contributed by atoms with Crippen molar-refractivity contribution in [2.75, 3.05) is 5.73 Å². The van der Waals surface area contributed by atoms with Crippen LogP contribution >= 0.6 is 11.3 Å². The summed E-state index contributed by atoms with van der Waals surface area (Å²) in [6.45, 7) is 5.22. The van der Waals surface area contributed by atoms with Gasteiger partial charge in [0.2, 0.25) is 0 Å². The highest BCUT2D eigenvalue weighted by atomic mass is 32.1. The molecule has 3 aromatic rings. The Morgan fingerprint density at radius 2 is 2.11 bits per heavy atom. The molecule has 0 aliphatic carbocycles. The first-order chi connectivity index (χ1) is 9.20. The summed E-state index contributed by atoms with van der Waals surface area (Å²) in [5.41, 5.74) is 9.41. The Bertz CT molecular complexity index is 724. The minimum absolute atomic E-state index is 0.852. The Morgan fingerprint density at radius 3 is 2.79 bits per heavy atom. The Hall–Kier alpha value is -1.81. The summed E-state index contributed by atoms with van der Waals surface area (Å²) in [4.78, 5) is 5.99. The molecule has 0 saturated carbocycles. The van der Waals surface area contributed by atoms with E-state index in [2.05, 4.69) is 42.7 Å². The van der Waals surface area contributed by atoms with Gasteiger partial charge < -0.3 is 10.3 Å². The van der Waals surface area contributed by atoms with Gasteiger partial charge in [0, 0.05) is 11.4 Å². The summed E-state index contributed by atoms with van der Waals surface area (Å²) < 4.78 is 2.27. The fourth-order valence-corrected chi connectivity index (χ4v) is 3.22. The van der Waals surface area contributed by atoms with Gasteiger partial charge >= 0.3 is 0 Å². The minimum Gasteiger partial charge on any atom is -0.390 e. The van der Waals surface area contributed by atoms with Crippen molar-refractivity contribution in [2.24, 2.45) is 0 Å². The lowest BCUT2D eigenvalue weighted by Gasteiger charge is -2.07. The van der Waals surface area contributed by atoms with E-state index < -0.39 is 0 Å². The van der Waals surface area contributed by atoms with E-state index in [4.69, 9.17) is 10.7 Å². The van der Waals surface area contributed by atoms with E-state index in [1.54, 1.807) is 11.3 Å². The number of nitrogen functional groups attached to an aromatic ring is 1. The third-order valence-corrected chi connectivity index (χ3v) is 4.11. The average Bonchev–Trinajstić information content (AvgIpc) is 2.91. The van der Waals surface area contributed by atoms with E-state index in [0.29, 0.717) is 0 Å². The molecule has 1 aromatic carbocycles. The molecule has 2 aromatic heterocycles. The highest BCUT2D eigenvalue weighted by molar-refractivity contribution is 7.16. The molecule has 0 bridgehead atoms. The Labute approximate surface area is 116 Å². The van der Waals surface area contributed by atoms with Gasteiger partial charge in [-0.25, -0.2) is 4.98 Å². The quantitative estimate of drug-likeness (QED) is 0.780. The molecule has 0 saturated heterocycles. The SMILES string of the molecule is CCCn1c(-c2cc(C)sc2N)nc2ccccc21. The number of anilines is 1. The van der Waals surface area contributed by atoms with Crippen LogP contribution in [0.5, 0.6) is 0 Å². The fourth-order valence-electron chi connectivity index (χ4n) is 2.44. The molecule has 0 spiro atoms. The third kappa shape index (κ3) is 2.02. The maximum Gasteiger partial charge on any atom is 0.144 e. The van der Waals surface area contributed by atoms with Crippen LogP contribution in [0.3, 0.4) is 0 Å². The normalized spacial score (nSPS) is 11.3. The molecule has 0 amide bonds. The lowest BCUT2D eigenvalue weighted by molar-refractivity contribution is 0.704. The predicted molar refractivity (Wildman–Crippen MR) is 82.5 cm³/mol. The van der Waals surface area contributed by atoms with Crippen molar-refractivity contribution in [3.8, 4) is 11.4 Å². The van der Waals surface area contributed by atoms with Gasteiger partial charge in [0.05, 0.1) is 21.6 Å². The monoisotopic (exact) mass is 271 g/mol. The largest absolute Gasteiger partial charge is 0.390 e. The van der Waals surface area contributed by atoms with Crippen LogP contribution in [0.4, 0.5) is 5.00 Å². The summed E-state index contributed by atoms with van der Waals surface area (Å²) in [7, 11) is 0. The predicted octanol–water partition coefficient (Wildman–Crippen LogP) is 4.07. The van der Waals surface area contributed by atoms with Crippen LogP contribution in [0, 0.1) is 6.92 Å². The number of thiophene rings is 1. The van der Waals surface area contributed by atoms with Gasteiger partial charge in [-0.05, 0) is 31.5 Å². The first-order valence-corrected chi connectivity index (χ1v) is 7.34. The summed E-state index contributed by atoms with van der Waals surface area (Å²) >= 11 is 1.63. The lowest BCUT2D eigenvalue weighted by Crippen LogP contribution is -2.00. The number of rotatable bonds is 3. The zero-order valence-corrected chi connectivity index (χ0v) is 12.0. The first kappa shape index (κ1) is 12.2. The number of nitrogens with zero attached hydrogens (tertiary/aromatic N) is 2. The number of imidazole rings is 1. The number of hydrogen-bond acceptors (Lipinski definition) is 3. The van der Waals surface area contributed by atoms with Gasteiger partial charge in [0.25, 0.3) is 0 Å². The van der Waals surface area contributed by atoms with E-state index in [1.807, 2.05) is 6.07 Å². The lowest BCUT2D eigenvalue weighted by atomic mass is 10.2. The number of para-hydroxylation sites is 2. The maximum atomic E-state index is 6.13. The summed E-state index contributed by atoms with van der Waals surface area (Å²) in [5.74, 6) is 0.991. The van der Waals surface area contributed by atoms with Crippen LogP contribution in [-0.2, 0) is 6.54 Å². The number of aromatic nitrogens is 2. The zero-order chi connectivity index (χ0) is 13.4. The summed E-state index contributed by atoms with van der Waals surface area (Å²) in [6, 6.07) is 10.4. The van der Waals surface area contributed by atoms with Crippen LogP contribution in [-0.4, -0.2) is 9.55 Å². The average molecular weight is 271 g/mol. The zero-order valence-electron chi connectivity index (χ0n) is 11.2. The van der Waals surface area contributed by atoms with E-state index >= 15 is 0 Å². The van der Waals surface area contributed by atoms with Gasteiger partial charge in [-0.15, -0.1) is 11.3 Å². The molecule has 3 rings (SSSR count). The van der Waals surface area contributed by atoms with Crippen molar-refractivity contribution in [2.45, 2.75) is 26.8 Å². The Balaban J connectivity index is 2.27. The molecule has 2 N–H and O–H groups in total. The van der Waals surface area contributed by atoms with E-state index in [9.17, 15) is 0 Å². The van der Waals surface area contributed by atoms with Gasteiger partial charge in [-0.1, -0.05) is 19.1 Å². The Kier molecular flexibility index (Phi) is 3.03. The highest BCUT2D eigenvalue weighted by Crippen LogP contribution is 2.34. The number of benzene rings is 1. The first-order valence-electron chi connectivity index (χ1n) is 6.52. The van der Waals surface area contributed by atoms with Crippen molar-refractivity contribution >= 4 is 27.4 Å². The molecule has 0 aliphatic heterocycles. The van der Waals surface area contributed by atoms with Crippen LogP contribution < -0.4 is 5.73 Å². The number of nitrogens with two attached hydrogens (primary N) is 1. The smallest absolute Gasteiger partial charge is 0.144 e. The second-order valence-corrected chi connectivity index (χ2v) is 6.00. The van der Waals surface area contributed by atoms with E-state index in [1.165, 1.54) is 10.4 Å². The van der Waals surface area contributed by atoms with Crippen molar-refractivity contribution in [3.63, 3.8) is 0 Å². The standard InChI is InChI=1S/C15H17N3S/c1-3-8-18-13-7-5-4-6-12(13)17-15(18)11-9-10(2)19-14(11)16/h4-7,9H,3,8,16H2,1-2H3. The summed E-state index contributed by atoms with van der Waals surface area (Å²) in [5, 5.41) is 0.852. The molecule has 0 fully saturated rings. The van der Waals surface area contributed by atoms with Crippen LogP contribution in [0.2, 0.25) is 0 Å². The van der Waals surface area contributed by atoms with Crippen LogP contribution in [0.25, 0.3) is 22.4 Å². The van der Waals surface area contributed by atoms with Crippen LogP contribution in [0.15, 0.2) is 30.3 Å². The second-order valence-electron chi connectivity index (χ2n) is 4.71. The van der Waals surface area contributed by atoms with E-state index in [-0.39, 0.29) is 0 Å². The number of aryl methyl sites for hydroxylation is 2. The number of fused-ring (bicyclic) bond motifs is 1. The Morgan fingerprint density at radius 1 is 1.32 bits per heavy atom. The van der Waals surface area contributed by atoms with Gasteiger partial charge in [-0.2, -0.15) is 0 Å². The molecule has 0 atom stereocenters. The second kappa shape index (κ2) is 4.70. The molecular formula is C15H17N3S. The summed E-state index contributed by atoms with van der Waals surface area (Å²) in [6.07, 6.45) is 1.08. The fraction of sp³-hybridized carbons (Fsp3) is 0.267. The molecule has 98 valence electrons. The van der Waals surface area contributed by atoms with Crippen molar-refractivity contribution in [1.29, 1.82) is 0 Å². The molecular weight excluding hydrogens is 254 g/mol. The van der Waals surface area contributed by atoms with Crippen molar-refractivity contribution < 1.29 is 0 Å². The molecule has 19 heavy (non-hydrogen) atoms. The third-order valence-electron chi connectivity index (χ3n) is 3.23. The van der Waals surface area contributed by atoms with Crippen molar-refractivity contribution in [1.82, 2.24) is 9.55 Å². The molecule has 3 nitrogen and oxygen atoms in total. The van der Waals surface area contributed by atoms with E-state index in [0.717, 1.165) is 34.9 Å². The van der Waals surface area contributed by atoms with Gasteiger partial charge in [0.1, 0.15) is 5.82 Å². The van der Waals surface area contributed by atoms with Crippen LogP contribution in [0.1, 0.15) is 18.2 Å².